The number of pyridine rings is 1. The Labute approximate surface area is 107 Å². The molecule has 7 nitrogen and oxygen atoms in total. The van der Waals surface area contributed by atoms with Crippen molar-refractivity contribution in [3.05, 3.63) is 42.7 Å². The first-order chi connectivity index (χ1) is 9.24. The predicted molar refractivity (Wildman–Crippen MR) is 64.6 cm³/mol. The van der Waals surface area contributed by atoms with Crippen molar-refractivity contribution >= 4 is 5.95 Å². The molecule has 0 unspecified atom stereocenters. The molecule has 0 aromatic carbocycles. The number of rotatable bonds is 2. The zero-order valence-electron chi connectivity index (χ0n) is 9.60. The van der Waals surface area contributed by atoms with Crippen LogP contribution >= 0.6 is 0 Å². The average molecular weight is 257 g/mol. The molecule has 19 heavy (non-hydrogen) atoms. The fourth-order valence-corrected chi connectivity index (χ4v) is 1.55. The standard InChI is InChI=1S/C11H8FN7/c12-8-6-14-4-2-7(8)9-16-10(13)18-11(17-9)19-5-1-3-15-19/h1-6H,(H2,13,16,17,18). The van der Waals surface area contributed by atoms with Gasteiger partial charge >= 0.3 is 0 Å². The molecule has 3 aromatic rings. The second-order valence-electron chi connectivity index (χ2n) is 3.62. The third-order valence-electron chi connectivity index (χ3n) is 2.36. The topological polar surface area (TPSA) is 95.4 Å². The lowest BCUT2D eigenvalue weighted by atomic mass is 10.2. The third-order valence-corrected chi connectivity index (χ3v) is 2.36. The summed E-state index contributed by atoms with van der Waals surface area (Å²) >= 11 is 0. The van der Waals surface area contributed by atoms with Crippen LogP contribution in [0.4, 0.5) is 10.3 Å². The fourth-order valence-electron chi connectivity index (χ4n) is 1.55. The first-order valence-electron chi connectivity index (χ1n) is 5.35. The summed E-state index contributed by atoms with van der Waals surface area (Å²) in [6.07, 6.45) is 5.77. The van der Waals surface area contributed by atoms with E-state index in [0.717, 1.165) is 6.20 Å². The van der Waals surface area contributed by atoms with Crippen LogP contribution in [-0.4, -0.2) is 29.7 Å². The van der Waals surface area contributed by atoms with E-state index in [4.69, 9.17) is 5.73 Å². The second-order valence-corrected chi connectivity index (χ2v) is 3.62. The van der Waals surface area contributed by atoms with Crippen LogP contribution in [0.1, 0.15) is 0 Å². The quantitative estimate of drug-likeness (QED) is 0.730. The first-order valence-corrected chi connectivity index (χ1v) is 5.35. The lowest BCUT2D eigenvalue weighted by Gasteiger charge is -2.05. The molecule has 0 saturated heterocycles. The van der Waals surface area contributed by atoms with Gasteiger partial charge in [-0.05, 0) is 12.1 Å². The summed E-state index contributed by atoms with van der Waals surface area (Å²) < 4.78 is 15.1. The van der Waals surface area contributed by atoms with Gasteiger partial charge in [-0.3, -0.25) is 4.98 Å². The van der Waals surface area contributed by atoms with E-state index in [9.17, 15) is 4.39 Å². The van der Waals surface area contributed by atoms with E-state index in [1.165, 1.54) is 16.9 Å². The molecule has 0 amide bonds. The van der Waals surface area contributed by atoms with E-state index in [2.05, 4.69) is 25.0 Å². The molecular weight excluding hydrogens is 249 g/mol. The van der Waals surface area contributed by atoms with Gasteiger partial charge < -0.3 is 5.73 Å². The Morgan fingerprint density at radius 2 is 2.05 bits per heavy atom. The minimum atomic E-state index is -0.528. The number of hydrogen-bond acceptors (Lipinski definition) is 6. The maximum absolute atomic E-state index is 13.7. The molecule has 0 aliphatic heterocycles. The summed E-state index contributed by atoms with van der Waals surface area (Å²) in [5.74, 6) is -0.173. The van der Waals surface area contributed by atoms with Crippen molar-refractivity contribution in [2.24, 2.45) is 0 Å². The van der Waals surface area contributed by atoms with Crippen LogP contribution in [0.25, 0.3) is 17.3 Å². The van der Waals surface area contributed by atoms with Crippen molar-refractivity contribution in [1.29, 1.82) is 0 Å². The van der Waals surface area contributed by atoms with E-state index in [-0.39, 0.29) is 23.3 Å². The van der Waals surface area contributed by atoms with Crippen LogP contribution in [0.3, 0.4) is 0 Å². The van der Waals surface area contributed by atoms with Gasteiger partial charge in [0.2, 0.25) is 5.95 Å². The molecule has 8 heteroatoms. The van der Waals surface area contributed by atoms with Gasteiger partial charge in [0.1, 0.15) is 0 Å². The SMILES string of the molecule is Nc1nc(-c2ccncc2F)nc(-n2cccn2)n1. The molecule has 0 bridgehead atoms. The molecule has 3 rings (SSSR count). The van der Waals surface area contributed by atoms with E-state index < -0.39 is 5.82 Å². The number of nitrogens with zero attached hydrogens (tertiary/aromatic N) is 6. The van der Waals surface area contributed by atoms with Crippen molar-refractivity contribution in [3.8, 4) is 17.3 Å². The number of anilines is 1. The number of nitrogens with two attached hydrogens (primary N) is 1. The van der Waals surface area contributed by atoms with Crippen molar-refractivity contribution in [3.63, 3.8) is 0 Å². The van der Waals surface area contributed by atoms with Crippen molar-refractivity contribution < 1.29 is 4.39 Å². The number of halogens is 1. The molecule has 0 aliphatic rings. The summed E-state index contributed by atoms with van der Waals surface area (Å²) in [5, 5.41) is 3.99. The highest BCUT2D eigenvalue weighted by molar-refractivity contribution is 5.56. The zero-order chi connectivity index (χ0) is 13.2. The number of hydrogen-bond donors (Lipinski definition) is 1. The molecule has 3 heterocycles. The molecule has 0 saturated carbocycles. The first kappa shape index (κ1) is 11.2. The van der Waals surface area contributed by atoms with Gasteiger partial charge in [-0.2, -0.15) is 20.1 Å². The third kappa shape index (κ3) is 2.10. The van der Waals surface area contributed by atoms with Gasteiger partial charge in [0.25, 0.3) is 5.95 Å². The molecule has 0 fully saturated rings. The van der Waals surface area contributed by atoms with Crippen LogP contribution < -0.4 is 5.73 Å². The minimum absolute atomic E-state index is 0.00767. The molecule has 0 spiro atoms. The van der Waals surface area contributed by atoms with E-state index in [1.807, 2.05) is 0 Å². The Kier molecular flexibility index (Phi) is 2.60. The van der Waals surface area contributed by atoms with E-state index >= 15 is 0 Å². The van der Waals surface area contributed by atoms with Gasteiger partial charge in [-0.1, -0.05) is 0 Å². The predicted octanol–water partition coefficient (Wildman–Crippen LogP) is 0.841. The highest BCUT2D eigenvalue weighted by Crippen LogP contribution is 2.18. The molecule has 0 atom stereocenters. The lowest BCUT2D eigenvalue weighted by Crippen LogP contribution is -2.08. The number of nitrogen functional groups attached to an aromatic ring is 1. The van der Waals surface area contributed by atoms with Gasteiger partial charge in [0.05, 0.1) is 11.8 Å². The van der Waals surface area contributed by atoms with Gasteiger partial charge in [-0.25, -0.2) is 9.07 Å². The summed E-state index contributed by atoms with van der Waals surface area (Å²) in [6, 6.07) is 3.18. The summed E-state index contributed by atoms with van der Waals surface area (Å²) in [5.41, 5.74) is 5.82. The van der Waals surface area contributed by atoms with Crippen LogP contribution in [0.15, 0.2) is 36.9 Å². The monoisotopic (exact) mass is 257 g/mol. The highest BCUT2D eigenvalue weighted by Gasteiger charge is 2.12. The Bertz CT molecular complexity index is 711. The van der Waals surface area contributed by atoms with Gasteiger partial charge in [0, 0.05) is 18.6 Å². The normalized spacial score (nSPS) is 10.6. The molecule has 0 radical (unpaired) electrons. The highest BCUT2D eigenvalue weighted by atomic mass is 19.1. The molecule has 94 valence electrons. The van der Waals surface area contributed by atoms with Crippen LogP contribution in [0.5, 0.6) is 0 Å². The smallest absolute Gasteiger partial charge is 0.255 e. The molecular formula is C11H8FN7. The Balaban J connectivity index is 2.16. The van der Waals surface area contributed by atoms with E-state index in [0.29, 0.717) is 0 Å². The maximum atomic E-state index is 13.7. The summed E-state index contributed by atoms with van der Waals surface area (Å²) in [6.45, 7) is 0. The minimum Gasteiger partial charge on any atom is -0.368 e. The fraction of sp³-hybridized carbons (Fsp3) is 0. The Morgan fingerprint density at radius 1 is 1.16 bits per heavy atom. The second kappa shape index (κ2) is 4.41. The Morgan fingerprint density at radius 3 is 2.79 bits per heavy atom. The number of aromatic nitrogens is 6. The van der Waals surface area contributed by atoms with Crippen LogP contribution in [-0.2, 0) is 0 Å². The molecule has 0 aliphatic carbocycles. The van der Waals surface area contributed by atoms with Gasteiger partial charge in [0.15, 0.2) is 11.6 Å². The maximum Gasteiger partial charge on any atom is 0.255 e. The lowest BCUT2D eigenvalue weighted by molar-refractivity contribution is 0.623. The van der Waals surface area contributed by atoms with Gasteiger partial charge in [-0.15, -0.1) is 0 Å². The summed E-state index contributed by atoms with van der Waals surface area (Å²) in [7, 11) is 0. The van der Waals surface area contributed by atoms with Crippen molar-refractivity contribution in [2.75, 3.05) is 5.73 Å². The zero-order valence-corrected chi connectivity index (χ0v) is 9.60. The van der Waals surface area contributed by atoms with Crippen molar-refractivity contribution in [2.45, 2.75) is 0 Å². The van der Waals surface area contributed by atoms with Crippen LogP contribution in [0.2, 0.25) is 0 Å². The van der Waals surface area contributed by atoms with E-state index in [1.54, 1.807) is 18.5 Å². The summed E-state index contributed by atoms with van der Waals surface area (Å²) in [4.78, 5) is 15.7. The van der Waals surface area contributed by atoms with Crippen molar-refractivity contribution in [1.82, 2.24) is 29.7 Å². The average Bonchev–Trinajstić information content (AvgIpc) is 2.92. The largest absolute Gasteiger partial charge is 0.368 e. The molecule has 2 N–H and O–H groups in total. The van der Waals surface area contributed by atoms with Crippen LogP contribution in [0, 0.1) is 5.82 Å². The molecule has 3 aromatic heterocycles. The Hall–Kier alpha value is -2.90.